The third-order valence-corrected chi connectivity index (χ3v) is 6.18. The van der Waals surface area contributed by atoms with E-state index in [2.05, 4.69) is 39.8 Å². The van der Waals surface area contributed by atoms with E-state index in [0.717, 1.165) is 10.9 Å². The average molecular weight is 499 g/mol. The number of carbonyl (C=O) groups is 1. The Balaban J connectivity index is 2.17. The molecule has 0 aliphatic heterocycles. The van der Waals surface area contributed by atoms with Crippen molar-refractivity contribution in [1.29, 1.82) is 0 Å². The van der Waals surface area contributed by atoms with Gasteiger partial charge >= 0.3 is 0 Å². The van der Waals surface area contributed by atoms with Gasteiger partial charge in [-0.15, -0.1) is 0 Å². The molecule has 0 saturated heterocycles. The predicted octanol–water partition coefficient (Wildman–Crippen LogP) is 4.65. The molecule has 30 heavy (non-hydrogen) atoms. The summed E-state index contributed by atoms with van der Waals surface area (Å²) in [6, 6.07) is 11.2. The maximum Gasteiger partial charge on any atom is 0.265 e. The van der Waals surface area contributed by atoms with Crippen molar-refractivity contribution in [3.05, 3.63) is 46.9 Å². The summed E-state index contributed by atoms with van der Waals surface area (Å²) in [6.45, 7) is 6.29. The van der Waals surface area contributed by atoms with Gasteiger partial charge in [-0.05, 0) is 61.7 Å². The third-order valence-electron chi connectivity index (χ3n) is 4.25. The summed E-state index contributed by atoms with van der Waals surface area (Å²) in [5.74, 6) is 0.292. The van der Waals surface area contributed by atoms with Crippen molar-refractivity contribution in [1.82, 2.24) is 0 Å². The Labute approximate surface area is 186 Å². The third kappa shape index (κ3) is 7.00. The van der Waals surface area contributed by atoms with Crippen LogP contribution in [0.1, 0.15) is 27.2 Å². The number of sulfonamides is 1. The molecule has 164 valence electrons. The van der Waals surface area contributed by atoms with Crippen LogP contribution in [0, 0.1) is 5.92 Å². The number of hydrogen-bond donors (Lipinski definition) is 2. The molecule has 1 amide bonds. The first-order valence-electron chi connectivity index (χ1n) is 9.51. The van der Waals surface area contributed by atoms with Crippen LogP contribution in [-0.2, 0) is 19.6 Å². The van der Waals surface area contributed by atoms with Crippen LogP contribution in [0.25, 0.3) is 0 Å². The highest BCUT2D eigenvalue weighted by molar-refractivity contribution is 9.10. The number of halogens is 1. The highest BCUT2D eigenvalue weighted by atomic mass is 79.9. The molecule has 0 aliphatic carbocycles. The molecule has 0 aliphatic rings. The smallest absolute Gasteiger partial charge is 0.265 e. The normalized spacial score (nSPS) is 12.5. The lowest BCUT2D eigenvalue weighted by atomic mass is 10.1. The molecule has 9 heteroatoms. The molecule has 2 rings (SSSR count). The SMILES string of the molecule is COc1ccc(NC(=O)C(C)OCCC(C)C)cc1S(=O)(=O)Nc1ccc(Br)cc1. The summed E-state index contributed by atoms with van der Waals surface area (Å²) in [5.41, 5.74) is 0.734. The first-order chi connectivity index (χ1) is 14.1. The van der Waals surface area contributed by atoms with Crippen LogP contribution in [0.2, 0.25) is 0 Å². The van der Waals surface area contributed by atoms with Crippen LogP contribution in [0.15, 0.2) is 51.8 Å². The first-order valence-corrected chi connectivity index (χ1v) is 11.8. The van der Waals surface area contributed by atoms with Gasteiger partial charge in [0, 0.05) is 22.5 Å². The van der Waals surface area contributed by atoms with E-state index in [9.17, 15) is 13.2 Å². The molecular formula is C21H27BrN2O5S. The van der Waals surface area contributed by atoms with Gasteiger partial charge in [-0.25, -0.2) is 8.42 Å². The Hall–Kier alpha value is -2.10. The standard InChI is InChI=1S/C21H27BrN2O5S/c1-14(2)11-12-29-15(3)21(25)23-18-9-10-19(28-4)20(13-18)30(26,27)24-17-7-5-16(22)6-8-17/h5-10,13-15,24H,11-12H2,1-4H3,(H,23,25). The molecule has 0 fully saturated rings. The molecule has 0 heterocycles. The van der Waals surface area contributed by atoms with Gasteiger partial charge in [0.15, 0.2) is 0 Å². The Kier molecular flexibility index (Phi) is 8.69. The molecule has 1 unspecified atom stereocenters. The Morgan fingerprint density at radius 1 is 1.07 bits per heavy atom. The Morgan fingerprint density at radius 2 is 1.70 bits per heavy atom. The monoisotopic (exact) mass is 498 g/mol. The minimum atomic E-state index is -3.94. The molecule has 2 aromatic carbocycles. The minimum Gasteiger partial charge on any atom is -0.495 e. The summed E-state index contributed by atoms with van der Waals surface area (Å²) in [6.07, 6.45) is 0.191. The van der Waals surface area contributed by atoms with Crippen molar-refractivity contribution in [3.63, 3.8) is 0 Å². The highest BCUT2D eigenvalue weighted by Crippen LogP contribution is 2.29. The zero-order chi connectivity index (χ0) is 22.3. The van der Waals surface area contributed by atoms with Crippen molar-refractivity contribution in [2.24, 2.45) is 5.92 Å². The molecule has 2 N–H and O–H groups in total. The minimum absolute atomic E-state index is 0.0842. The number of rotatable bonds is 10. The van der Waals surface area contributed by atoms with Gasteiger partial charge in [-0.1, -0.05) is 29.8 Å². The molecule has 1 atom stereocenters. The van der Waals surface area contributed by atoms with E-state index in [-0.39, 0.29) is 16.6 Å². The van der Waals surface area contributed by atoms with E-state index in [4.69, 9.17) is 9.47 Å². The molecule has 7 nitrogen and oxygen atoms in total. The van der Waals surface area contributed by atoms with Crippen molar-refractivity contribution in [3.8, 4) is 5.75 Å². The highest BCUT2D eigenvalue weighted by Gasteiger charge is 2.22. The number of amides is 1. The van der Waals surface area contributed by atoms with Gasteiger partial charge < -0.3 is 14.8 Å². The van der Waals surface area contributed by atoms with Crippen LogP contribution in [0.4, 0.5) is 11.4 Å². The fourth-order valence-corrected chi connectivity index (χ4v) is 4.01. The van der Waals surface area contributed by atoms with Gasteiger partial charge in [0.25, 0.3) is 15.9 Å². The number of hydrogen-bond acceptors (Lipinski definition) is 5. The molecule has 0 radical (unpaired) electrons. The van der Waals surface area contributed by atoms with Crippen LogP contribution in [0.3, 0.4) is 0 Å². The summed E-state index contributed by atoms with van der Waals surface area (Å²) >= 11 is 3.31. The molecular weight excluding hydrogens is 472 g/mol. The lowest BCUT2D eigenvalue weighted by Crippen LogP contribution is -2.28. The molecule has 2 aromatic rings. The number of anilines is 2. The van der Waals surface area contributed by atoms with Crippen LogP contribution in [-0.4, -0.2) is 34.1 Å². The Bertz CT molecular complexity index is 962. The number of ether oxygens (including phenoxy) is 2. The lowest BCUT2D eigenvalue weighted by Gasteiger charge is -2.16. The predicted molar refractivity (Wildman–Crippen MR) is 121 cm³/mol. The topological polar surface area (TPSA) is 93.7 Å². The molecule has 0 saturated carbocycles. The zero-order valence-electron chi connectivity index (χ0n) is 17.4. The van der Waals surface area contributed by atoms with Gasteiger partial charge in [-0.3, -0.25) is 9.52 Å². The second kappa shape index (κ2) is 10.8. The van der Waals surface area contributed by atoms with Gasteiger partial charge in [0.05, 0.1) is 7.11 Å². The lowest BCUT2D eigenvalue weighted by molar-refractivity contribution is -0.126. The zero-order valence-corrected chi connectivity index (χ0v) is 19.8. The fraction of sp³-hybridized carbons (Fsp3) is 0.381. The van der Waals surface area contributed by atoms with Crippen molar-refractivity contribution in [2.75, 3.05) is 23.8 Å². The summed E-state index contributed by atoms with van der Waals surface area (Å²) in [4.78, 5) is 12.3. The maximum atomic E-state index is 12.9. The van der Waals surface area contributed by atoms with E-state index in [1.165, 1.54) is 19.2 Å². The van der Waals surface area contributed by atoms with Crippen molar-refractivity contribution >= 4 is 43.2 Å². The van der Waals surface area contributed by atoms with E-state index in [1.807, 2.05) is 0 Å². The van der Waals surface area contributed by atoms with E-state index >= 15 is 0 Å². The number of methoxy groups -OCH3 is 1. The largest absolute Gasteiger partial charge is 0.495 e. The van der Waals surface area contributed by atoms with Crippen LogP contribution in [0.5, 0.6) is 5.75 Å². The average Bonchev–Trinajstić information content (AvgIpc) is 2.69. The second-order valence-electron chi connectivity index (χ2n) is 7.16. The Morgan fingerprint density at radius 3 is 2.30 bits per heavy atom. The summed E-state index contributed by atoms with van der Waals surface area (Å²) in [5, 5.41) is 2.70. The summed E-state index contributed by atoms with van der Waals surface area (Å²) in [7, 11) is -2.56. The second-order valence-corrected chi connectivity index (χ2v) is 9.73. The van der Waals surface area contributed by atoms with E-state index < -0.39 is 16.1 Å². The number of nitrogens with one attached hydrogen (secondary N) is 2. The van der Waals surface area contributed by atoms with E-state index in [1.54, 1.807) is 37.3 Å². The number of carbonyl (C=O) groups excluding carboxylic acids is 1. The molecule has 0 bridgehead atoms. The van der Waals surface area contributed by atoms with Crippen LogP contribution < -0.4 is 14.8 Å². The van der Waals surface area contributed by atoms with Crippen molar-refractivity contribution in [2.45, 2.75) is 38.2 Å². The molecule has 0 spiro atoms. The number of benzene rings is 2. The maximum absolute atomic E-state index is 12.9. The van der Waals surface area contributed by atoms with E-state index in [0.29, 0.717) is 23.9 Å². The van der Waals surface area contributed by atoms with Gasteiger partial charge in [-0.2, -0.15) is 0 Å². The van der Waals surface area contributed by atoms with Crippen LogP contribution >= 0.6 is 15.9 Å². The van der Waals surface area contributed by atoms with Gasteiger partial charge in [0.1, 0.15) is 16.7 Å². The fourth-order valence-electron chi connectivity index (χ4n) is 2.49. The quantitative estimate of drug-likeness (QED) is 0.497. The molecule has 0 aromatic heterocycles. The van der Waals surface area contributed by atoms with Crippen molar-refractivity contribution < 1.29 is 22.7 Å². The van der Waals surface area contributed by atoms with Gasteiger partial charge in [0.2, 0.25) is 0 Å². The summed E-state index contributed by atoms with van der Waals surface area (Å²) < 4.78 is 39.9. The first kappa shape index (κ1) is 24.2.